The minimum Gasteiger partial charge on any atom is -0.357 e. The Balaban J connectivity index is 2.62. The van der Waals surface area contributed by atoms with E-state index >= 15 is 0 Å². The van der Waals surface area contributed by atoms with E-state index < -0.39 is 11.6 Å². The first-order valence-corrected chi connectivity index (χ1v) is 5.08. The topological polar surface area (TPSA) is 37.8 Å². The Labute approximate surface area is 97.5 Å². The maximum atomic E-state index is 13.6. The van der Waals surface area contributed by atoms with E-state index in [2.05, 4.69) is 15.3 Å². The minimum atomic E-state index is -0.504. The highest BCUT2D eigenvalue weighted by molar-refractivity contribution is 5.64. The van der Waals surface area contributed by atoms with Crippen molar-refractivity contribution < 1.29 is 8.78 Å². The number of nitrogens with zero attached hydrogens (tertiary/aromatic N) is 2. The van der Waals surface area contributed by atoms with Gasteiger partial charge in [-0.15, -0.1) is 0 Å². The van der Waals surface area contributed by atoms with Gasteiger partial charge in [-0.3, -0.25) is 0 Å². The van der Waals surface area contributed by atoms with Gasteiger partial charge in [0.2, 0.25) is 5.95 Å². The number of hydrogen-bond acceptors (Lipinski definition) is 3. The van der Waals surface area contributed by atoms with Gasteiger partial charge in [0, 0.05) is 18.8 Å². The summed E-state index contributed by atoms with van der Waals surface area (Å²) in [6.45, 7) is 1.75. The van der Waals surface area contributed by atoms with Crippen LogP contribution in [0, 0.1) is 18.6 Å². The average molecular weight is 235 g/mol. The van der Waals surface area contributed by atoms with Gasteiger partial charge in [0.15, 0.2) is 0 Å². The fraction of sp³-hybridized carbons (Fsp3) is 0.167. The molecule has 1 heterocycles. The number of rotatable bonds is 2. The first-order valence-electron chi connectivity index (χ1n) is 5.08. The second-order valence-electron chi connectivity index (χ2n) is 3.60. The van der Waals surface area contributed by atoms with Gasteiger partial charge in [0.1, 0.15) is 11.6 Å². The zero-order chi connectivity index (χ0) is 12.4. The highest BCUT2D eigenvalue weighted by atomic mass is 19.1. The Morgan fingerprint density at radius 1 is 1.24 bits per heavy atom. The van der Waals surface area contributed by atoms with Crippen LogP contribution in [-0.2, 0) is 0 Å². The van der Waals surface area contributed by atoms with E-state index in [1.165, 1.54) is 0 Å². The van der Waals surface area contributed by atoms with Gasteiger partial charge >= 0.3 is 0 Å². The zero-order valence-corrected chi connectivity index (χ0v) is 9.46. The molecule has 0 aliphatic rings. The molecule has 0 amide bonds. The molecule has 0 spiro atoms. The summed E-state index contributed by atoms with van der Waals surface area (Å²) >= 11 is 0. The van der Waals surface area contributed by atoms with Crippen molar-refractivity contribution in [2.24, 2.45) is 0 Å². The van der Waals surface area contributed by atoms with Crippen LogP contribution in [0.1, 0.15) is 5.56 Å². The van der Waals surface area contributed by atoms with Crippen LogP contribution in [0.25, 0.3) is 11.3 Å². The summed E-state index contributed by atoms with van der Waals surface area (Å²) in [5, 5.41) is 2.76. The van der Waals surface area contributed by atoms with E-state index in [4.69, 9.17) is 0 Å². The molecule has 17 heavy (non-hydrogen) atoms. The minimum absolute atomic E-state index is 0.140. The lowest BCUT2D eigenvalue weighted by Crippen LogP contribution is -2.00. The molecule has 0 atom stereocenters. The number of aromatic nitrogens is 2. The molecule has 1 aromatic heterocycles. The van der Waals surface area contributed by atoms with Gasteiger partial charge in [0.05, 0.1) is 5.69 Å². The first-order chi connectivity index (χ1) is 8.11. The van der Waals surface area contributed by atoms with Crippen LogP contribution in [0.2, 0.25) is 0 Å². The predicted octanol–water partition coefficient (Wildman–Crippen LogP) is 2.77. The third-order valence-corrected chi connectivity index (χ3v) is 2.38. The number of benzene rings is 1. The summed E-state index contributed by atoms with van der Waals surface area (Å²) in [4.78, 5) is 8.13. The smallest absolute Gasteiger partial charge is 0.222 e. The third-order valence-electron chi connectivity index (χ3n) is 2.38. The van der Waals surface area contributed by atoms with Crippen LogP contribution in [0.15, 0.2) is 24.4 Å². The monoisotopic (exact) mass is 235 g/mol. The molecule has 1 N–H and O–H groups in total. The van der Waals surface area contributed by atoms with Crippen LogP contribution in [0.3, 0.4) is 0 Å². The van der Waals surface area contributed by atoms with E-state index in [0.29, 0.717) is 17.2 Å². The summed E-state index contributed by atoms with van der Waals surface area (Å²) in [5.41, 5.74) is 1.22. The van der Waals surface area contributed by atoms with Crippen molar-refractivity contribution >= 4 is 5.95 Å². The van der Waals surface area contributed by atoms with E-state index in [1.54, 1.807) is 20.2 Å². The van der Waals surface area contributed by atoms with Gasteiger partial charge in [-0.25, -0.2) is 18.7 Å². The van der Waals surface area contributed by atoms with Crippen LogP contribution in [-0.4, -0.2) is 17.0 Å². The summed E-state index contributed by atoms with van der Waals surface area (Å²) in [7, 11) is 1.66. The Bertz CT molecular complexity index is 555. The molecular formula is C12H11F2N3. The first kappa shape index (κ1) is 11.4. The fourth-order valence-corrected chi connectivity index (χ4v) is 1.51. The van der Waals surface area contributed by atoms with Crippen molar-refractivity contribution in [3.8, 4) is 11.3 Å². The largest absolute Gasteiger partial charge is 0.357 e. The lowest BCUT2D eigenvalue weighted by molar-refractivity contribution is 0.602. The van der Waals surface area contributed by atoms with Gasteiger partial charge in [-0.2, -0.15) is 0 Å². The number of anilines is 1. The van der Waals surface area contributed by atoms with E-state index in [1.807, 2.05) is 0 Å². The maximum absolute atomic E-state index is 13.6. The molecule has 88 valence electrons. The lowest BCUT2D eigenvalue weighted by atomic mass is 10.1. The molecule has 0 saturated carbocycles. The van der Waals surface area contributed by atoms with E-state index in [9.17, 15) is 8.78 Å². The van der Waals surface area contributed by atoms with Crippen molar-refractivity contribution in [2.75, 3.05) is 12.4 Å². The van der Waals surface area contributed by atoms with Crippen molar-refractivity contribution in [1.82, 2.24) is 9.97 Å². The van der Waals surface area contributed by atoms with Crippen LogP contribution in [0.4, 0.5) is 14.7 Å². The standard InChI is InChI=1S/C12H11F2N3/c1-7-6-16-12(15-2)17-11(7)9-5-8(13)3-4-10(9)14/h3-6H,1-2H3,(H,15,16,17). The molecule has 5 heteroatoms. The van der Waals surface area contributed by atoms with Crippen LogP contribution >= 0.6 is 0 Å². The maximum Gasteiger partial charge on any atom is 0.222 e. The molecule has 3 nitrogen and oxygen atoms in total. The van der Waals surface area contributed by atoms with E-state index in [0.717, 1.165) is 18.2 Å². The molecule has 0 aliphatic heterocycles. The fourth-order valence-electron chi connectivity index (χ4n) is 1.51. The zero-order valence-electron chi connectivity index (χ0n) is 9.46. The SMILES string of the molecule is CNc1ncc(C)c(-c2cc(F)ccc2F)n1. The van der Waals surface area contributed by atoms with Gasteiger partial charge in [-0.05, 0) is 30.7 Å². The summed E-state index contributed by atoms with van der Waals surface area (Å²) in [5.74, 6) is -0.630. The second kappa shape index (κ2) is 4.45. The molecule has 0 fully saturated rings. The molecule has 0 saturated heterocycles. The van der Waals surface area contributed by atoms with Crippen molar-refractivity contribution in [2.45, 2.75) is 6.92 Å². The Morgan fingerprint density at radius 2 is 2.00 bits per heavy atom. The molecule has 0 aliphatic carbocycles. The Morgan fingerprint density at radius 3 is 2.71 bits per heavy atom. The second-order valence-corrected chi connectivity index (χ2v) is 3.60. The highest BCUT2D eigenvalue weighted by Crippen LogP contribution is 2.25. The Kier molecular flexibility index (Phi) is 2.99. The molecule has 2 aromatic rings. The van der Waals surface area contributed by atoms with Crippen molar-refractivity contribution in [3.63, 3.8) is 0 Å². The van der Waals surface area contributed by atoms with E-state index in [-0.39, 0.29) is 5.56 Å². The number of hydrogen-bond donors (Lipinski definition) is 1. The number of nitrogens with one attached hydrogen (secondary N) is 1. The third kappa shape index (κ3) is 2.22. The number of halogens is 2. The summed E-state index contributed by atoms with van der Waals surface area (Å²) in [6.07, 6.45) is 1.57. The van der Waals surface area contributed by atoms with Crippen LogP contribution in [0.5, 0.6) is 0 Å². The van der Waals surface area contributed by atoms with Gasteiger partial charge < -0.3 is 5.32 Å². The molecule has 1 aromatic carbocycles. The van der Waals surface area contributed by atoms with Gasteiger partial charge in [0.25, 0.3) is 0 Å². The van der Waals surface area contributed by atoms with Crippen molar-refractivity contribution in [1.29, 1.82) is 0 Å². The highest BCUT2D eigenvalue weighted by Gasteiger charge is 2.11. The lowest BCUT2D eigenvalue weighted by Gasteiger charge is -2.08. The normalized spacial score (nSPS) is 10.4. The molecule has 2 rings (SSSR count). The number of aryl methyl sites for hydroxylation is 1. The molecule has 0 unspecified atom stereocenters. The molecular weight excluding hydrogens is 224 g/mol. The van der Waals surface area contributed by atoms with Crippen LogP contribution < -0.4 is 5.32 Å². The van der Waals surface area contributed by atoms with Crippen molar-refractivity contribution in [3.05, 3.63) is 41.6 Å². The molecule has 0 bridgehead atoms. The summed E-state index contributed by atoms with van der Waals surface area (Å²) in [6, 6.07) is 3.30. The Hall–Kier alpha value is -2.04. The average Bonchev–Trinajstić information content (AvgIpc) is 2.33. The predicted molar refractivity (Wildman–Crippen MR) is 61.7 cm³/mol. The van der Waals surface area contributed by atoms with Gasteiger partial charge in [-0.1, -0.05) is 0 Å². The summed E-state index contributed by atoms with van der Waals surface area (Å²) < 4.78 is 26.7. The quantitative estimate of drug-likeness (QED) is 0.869. The molecule has 0 radical (unpaired) electrons.